The first kappa shape index (κ1) is 14.3. The monoisotopic (exact) mass is 293 g/mol. The fourth-order valence-corrected chi connectivity index (χ4v) is 1.97. The number of ether oxygens (including phenoxy) is 1. The van der Waals surface area contributed by atoms with Crippen LogP contribution in [0.2, 0.25) is 0 Å². The van der Waals surface area contributed by atoms with Crippen LogP contribution in [0, 0.1) is 17.1 Å². The molecule has 0 N–H and O–H groups in total. The van der Waals surface area contributed by atoms with E-state index < -0.39 is 11.9 Å². The van der Waals surface area contributed by atoms with Gasteiger partial charge in [-0.25, -0.2) is 4.39 Å². The van der Waals surface area contributed by atoms with Crippen molar-refractivity contribution >= 4 is 11.8 Å². The highest BCUT2D eigenvalue weighted by Crippen LogP contribution is 2.26. The summed E-state index contributed by atoms with van der Waals surface area (Å²) in [7, 11) is 0. The maximum Gasteiger partial charge on any atom is 0.278 e. The van der Waals surface area contributed by atoms with Crippen molar-refractivity contribution in [1.82, 2.24) is 10.2 Å². The van der Waals surface area contributed by atoms with E-state index in [1.807, 2.05) is 0 Å². The van der Waals surface area contributed by atoms with E-state index in [1.54, 1.807) is 26.0 Å². The molecule has 0 radical (unpaired) electrons. The van der Waals surface area contributed by atoms with Gasteiger partial charge < -0.3 is 9.15 Å². The molecule has 0 aliphatic rings. The summed E-state index contributed by atoms with van der Waals surface area (Å²) in [5, 5.41) is 16.4. The number of benzene rings is 1. The van der Waals surface area contributed by atoms with E-state index in [0.717, 1.165) is 11.8 Å². The minimum absolute atomic E-state index is 0.123. The zero-order valence-electron chi connectivity index (χ0n) is 10.9. The Morgan fingerprint density at radius 3 is 2.80 bits per heavy atom. The highest BCUT2D eigenvalue weighted by Gasteiger charge is 2.18. The Kier molecular flexibility index (Phi) is 4.58. The molecule has 1 heterocycles. The Labute approximate surface area is 119 Å². The standard InChI is InChI=1S/C13H12FN3O2S/c1-8(7-15)20-13-17-16-12(19-13)9(2)18-11-6-4-3-5-10(11)14/h3-6,8-9H,1-2H3/t8-,9-/m0/s1. The van der Waals surface area contributed by atoms with E-state index in [2.05, 4.69) is 16.3 Å². The van der Waals surface area contributed by atoms with Gasteiger partial charge in [0.25, 0.3) is 11.1 Å². The van der Waals surface area contributed by atoms with Crippen LogP contribution in [0.5, 0.6) is 5.75 Å². The molecule has 0 unspecified atom stereocenters. The first-order valence-electron chi connectivity index (χ1n) is 5.91. The van der Waals surface area contributed by atoms with Gasteiger partial charge in [-0.2, -0.15) is 5.26 Å². The molecule has 0 aliphatic carbocycles. The van der Waals surface area contributed by atoms with Gasteiger partial charge in [-0.05, 0) is 37.7 Å². The van der Waals surface area contributed by atoms with Crippen molar-refractivity contribution in [1.29, 1.82) is 5.26 Å². The topological polar surface area (TPSA) is 71.9 Å². The molecule has 0 saturated carbocycles. The number of thioether (sulfide) groups is 1. The lowest BCUT2D eigenvalue weighted by molar-refractivity contribution is 0.174. The molecular weight excluding hydrogens is 281 g/mol. The van der Waals surface area contributed by atoms with Gasteiger partial charge in [0, 0.05) is 0 Å². The second-order valence-corrected chi connectivity index (χ2v) is 5.28. The van der Waals surface area contributed by atoms with Crippen LogP contribution in [-0.4, -0.2) is 15.4 Å². The highest BCUT2D eigenvalue weighted by molar-refractivity contribution is 7.99. The summed E-state index contributed by atoms with van der Waals surface area (Å²) in [5.41, 5.74) is 0. The number of nitriles is 1. The zero-order valence-corrected chi connectivity index (χ0v) is 11.7. The van der Waals surface area contributed by atoms with Gasteiger partial charge in [-0.1, -0.05) is 12.1 Å². The summed E-state index contributed by atoms with van der Waals surface area (Å²) in [6.07, 6.45) is -0.578. The fraction of sp³-hybridized carbons (Fsp3) is 0.308. The van der Waals surface area contributed by atoms with Crippen LogP contribution in [0.15, 0.2) is 33.9 Å². The van der Waals surface area contributed by atoms with Crippen LogP contribution in [0.3, 0.4) is 0 Å². The van der Waals surface area contributed by atoms with Crippen LogP contribution in [0.25, 0.3) is 0 Å². The number of halogens is 1. The first-order valence-corrected chi connectivity index (χ1v) is 6.79. The maximum absolute atomic E-state index is 13.5. The number of rotatable bonds is 5. The smallest absolute Gasteiger partial charge is 0.278 e. The summed E-state index contributed by atoms with van der Waals surface area (Å²) in [5.74, 6) is -0.0924. The van der Waals surface area contributed by atoms with E-state index in [1.165, 1.54) is 12.1 Å². The summed E-state index contributed by atoms with van der Waals surface area (Å²) in [6.45, 7) is 3.41. The van der Waals surface area contributed by atoms with Crippen molar-refractivity contribution in [3.63, 3.8) is 0 Å². The quantitative estimate of drug-likeness (QED) is 0.787. The molecule has 0 spiro atoms. The van der Waals surface area contributed by atoms with Gasteiger partial charge in [-0.15, -0.1) is 10.2 Å². The zero-order chi connectivity index (χ0) is 14.5. The fourth-order valence-electron chi connectivity index (χ4n) is 1.39. The van der Waals surface area contributed by atoms with Crippen molar-refractivity contribution < 1.29 is 13.5 Å². The lowest BCUT2D eigenvalue weighted by atomic mass is 10.3. The summed E-state index contributed by atoms with van der Waals surface area (Å²) in [6, 6.07) is 8.14. The van der Waals surface area contributed by atoms with Crippen LogP contribution >= 0.6 is 11.8 Å². The Balaban J connectivity index is 2.05. The number of para-hydroxylation sites is 1. The van der Waals surface area contributed by atoms with E-state index in [4.69, 9.17) is 14.4 Å². The molecule has 2 atom stereocenters. The summed E-state index contributed by atoms with van der Waals surface area (Å²) in [4.78, 5) is 0. The Morgan fingerprint density at radius 1 is 1.35 bits per heavy atom. The number of nitrogens with zero attached hydrogens (tertiary/aromatic N) is 3. The molecule has 104 valence electrons. The van der Waals surface area contributed by atoms with Crippen molar-refractivity contribution in [2.75, 3.05) is 0 Å². The minimum atomic E-state index is -0.578. The molecule has 0 amide bonds. The average Bonchev–Trinajstić information content (AvgIpc) is 2.89. The second kappa shape index (κ2) is 6.39. The summed E-state index contributed by atoms with van der Waals surface area (Å²) < 4.78 is 24.3. The van der Waals surface area contributed by atoms with E-state index in [-0.39, 0.29) is 22.1 Å². The largest absolute Gasteiger partial charge is 0.478 e. The molecule has 2 rings (SSSR count). The Morgan fingerprint density at radius 2 is 2.10 bits per heavy atom. The van der Waals surface area contributed by atoms with Gasteiger partial charge in [0.2, 0.25) is 0 Å². The molecule has 1 aromatic carbocycles. The van der Waals surface area contributed by atoms with Gasteiger partial charge >= 0.3 is 0 Å². The van der Waals surface area contributed by atoms with Gasteiger partial charge in [0.05, 0.1) is 11.3 Å². The van der Waals surface area contributed by atoms with E-state index in [0.29, 0.717) is 0 Å². The third-order valence-electron chi connectivity index (χ3n) is 2.37. The van der Waals surface area contributed by atoms with Crippen LogP contribution in [0.4, 0.5) is 4.39 Å². The predicted molar refractivity (Wildman–Crippen MR) is 70.7 cm³/mol. The number of aromatic nitrogens is 2. The van der Waals surface area contributed by atoms with Gasteiger partial charge in [0.1, 0.15) is 0 Å². The number of hydrogen-bond donors (Lipinski definition) is 0. The normalized spacial score (nSPS) is 13.5. The van der Waals surface area contributed by atoms with Crippen molar-refractivity contribution in [2.45, 2.75) is 30.4 Å². The van der Waals surface area contributed by atoms with E-state index in [9.17, 15) is 4.39 Å². The molecule has 0 aliphatic heterocycles. The molecule has 2 aromatic rings. The number of hydrogen-bond acceptors (Lipinski definition) is 6. The Bertz CT molecular complexity index is 626. The molecule has 0 saturated heterocycles. The molecule has 7 heteroatoms. The van der Waals surface area contributed by atoms with Crippen LogP contribution in [-0.2, 0) is 0 Å². The van der Waals surface area contributed by atoms with Crippen LogP contribution in [0.1, 0.15) is 25.8 Å². The predicted octanol–water partition coefficient (Wildman–Crippen LogP) is 3.35. The molecule has 20 heavy (non-hydrogen) atoms. The van der Waals surface area contributed by atoms with Crippen molar-refractivity contribution in [2.24, 2.45) is 0 Å². The molecular formula is C13H12FN3O2S. The lowest BCUT2D eigenvalue weighted by Gasteiger charge is -2.11. The first-order chi connectivity index (χ1) is 9.60. The molecule has 1 aromatic heterocycles. The Hall–Kier alpha value is -2.07. The third-order valence-corrected chi connectivity index (χ3v) is 3.20. The van der Waals surface area contributed by atoms with Gasteiger partial charge in [-0.3, -0.25) is 0 Å². The molecule has 0 bridgehead atoms. The summed E-state index contributed by atoms with van der Waals surface area (Å²) >= 11 is 1.16. The highest BCUT2D eigenvalue weighted by atomic mass is 32.2. The SMILES string of the molecule is C[C@H](Oc1ccccc1F)c1nnc(S[C@@H](C)C#N)o1. The molecule has 5 nitrogen and oxygen atoms in total. The molecule has 0 fully saturated rings. The van der Waals surface area contributed by atoms with Crippen molar-refractivity contribution in [3.8, 4) is 11.8 Å². The van der Waals surface area contributed by atoms with Crippen molar-refractivity contribution in [3.05, 3.63) is 36.0 Å². The lowest BCUT2D eigenvalue weighted by Crippen LogP contribution is -2.04. The average molecular weight is 293 g/mol. The van der Waals surface area contributed by atoms with E-state index >= 15 is 0 Å². The second-order valence-electron chi connectivity index (χ2n) is 3.99. The maximum atomic E-state index is 13.5. The minimum Gasteiger partial charge on any atom is -0.478 e. The van der Waals surface area contributed by atoms with Gasteiger partial charge in [0.15, 0.2) is 17.7 Å². The van der Waals surface area contributed by atoms with Crippen LogP contribution < -0.4 is 4.74 Å². The third kappa shape index (κ3) is 3.48.